The maximum atomic E-state index is 12.9. The van der Waals surface area contributed by atoms with Crippen LogP contribution in [0, 0.1) is 0 Å². The van der Waals surface area contributed by atoms with Crippen molar-refractivity contribution in [2.45, 2.75) is 41.7 Å². The standard InChI is InChI=1S/C8H2F16O4S/c9-2(10,1-27-29(25,26)8(22,23)24)6(18,19)28-7(20,21)4(13,14)3(11,12)5(15,16)17/h1H2. The molecule has 0 aliphatic rings. The summed E-state index contributed by atoms with van der Waals surface area (Å²) in [5.74, 6) is -22.5. The second kappa shape index (κ2) is 7.17. The van der Waals surface area contributed by atoms with E-state index in [4.69, 9.17) is 0 Å². The first kappa shape index (κ1) is 27.8. The van der Waals surface area contributed by atoms with Crippen molar-refractivity contribution >= 4 is 10.1 Å². The molecule has 0 aromatic heterocycles. The highest BCUT2D eigenvalue weighted by Crippen LogP contribution is 2.55. The molecule has 0 aliphatic carbocycles. The molecule has 0 saturated carbocycles. The molecule has 0 rings (SSSR count). The van der Waals surface area contributed by atoms with Crippen molar-refractivity contribution in [3.05, 3.63) is 0 Å². The van der Waals surface area contributed by atoms with E-state index in [-0.39, 0.29) is 0 Å². The van der Waals surface area contributed by atoms with Crippen LogP contribution in [0.15, 0.2) is 0 Å². The minimum Gasteiger partial charge on any atom is -0.256 e. The van der Waals surface area contributed by atoms with Crippen LogP contribution in [0.25, 0.3) is 0 Å². The van der Waals surface area contributed by atoms with Gasteiger partial charge in [-0.1, -0.05) is 0 Å². The van der Waals surface area contributed by atoms with Crippen LogP contribution in [-0.2, 0) is 19.0 Å². The molecule has 0 unspecified atom stereocenters. The predicted molar refractivity (Wildman–Crippen MR) is 52.8 cm³/mol. The van der Waals surface area contributed by atoms with Gasteiger partial charge in [0.05, 0.1) is 0 Å². The Kier molecular flexibility index (Phi) is 6.86. The van der Waals surface area contributed by atoms with E-state index < -0.39 is 58.4 Å². The maximum absolute atomic E-state index is 12.9. The van der Waals surface area contributed by atoms with Gasteiger partial charge >= 0.3 is 51.8 Å². The SMILES string of the molecule is O=S(=O)(OCC(F)(F)C(F)(F)OC(F)(F)C(F)(F)C(F)(F)C(F)(F)F)C(F)(F)F. The summed E-state index contributed by atoms with van der Waals surface area (Å²) in [5, 5.41) is 0. The van der Waals surface area contributed by atoms with E-state index in [2.05, 4.69) is 4.18 Å². The molecule has 0 aromatic rings. The van der Waals surface area contributed by atoms with Crippen molar-refractivity contribution in [2.75, 3.05) is 6.61 Å². The number of halogens is 16. The van der Waals surface area contributed by atoms with Crippen LogP contribution in [-0.4, -0.2) is 56.7 Å². The summed E-state index contributed by atoms with van der Waals surface area (Å²) in [7, 11) is -7.08. The summed E-state index contributed by atoms with van der Waals surface area (Å²) in [6.07, 6.45) is -22.5. The zero-order chi connectivity index (χ0) is 24.1. The lowest BCUT2D eigenvalue weighted by molar-refractivity contribution is -0.502. The lowest BCUT2D eigenvalue weighted by Gasteiger charge is -2.36. The fourth-order valence-electron chi connectivity index (χ4n) is 0.963. The molecule has 0 atom stereocenters. The Morgan fingerprint density at radius 3 is 1.28 bits per heavy atom. The minimum atomic E-state index is -7.95. The molecule has 0 radical (unpaired) electrons. The van der Waals surface area contributed by atoms with E-state index in [1.165, 1.54) is 4.74 Å². The zero-order valence-electron chi connectivity index (χ0n) is 12.3. The molecule has 4 nitrogen and oxygen atoms in total. The zero-order valence-corrected chi connectivity index (χ0v) is 13.1. The normalized spacial score (nSPS) is 16.3. The van der Waals surface area contributed by atoms with Crippen molar-refractivity contribution in [2.24, 2.45) is 0 Å². The van der Waals surface area contributed by atoms with Crippen LogP contribution in [0.5, 0.6) is 0 Å². The molecular weight excluding hydrogens is 496 g/mol. The fourth-order valence-corrected chi connectivity index (χ4v) is 1.40. The molecule has 0 saturated heterocycles. The Hall–Kier alpha value is -1.25. The van der Waals surface area contributed by atoms with Gasteiger partial charge < -0.3 is 0 Å². The van der Waals surface area contributed by atoms with Gasteiger partial charge in [0.1, 0.15) is 6.61 Å². The van der Waals surface area contributed by atoms with Gasteiger partial charge in [0.15, 0.2) is 0 Å². The quantitative estimate of drug-likeness (QED) is 0.281. The molecule has 29 heavy (non-hydrogen) atoms. The van der Waals surface area contributed by atoms with Gasteiger partial charge in [-0.05, 0) is 0 Å². The summed E-state index contributed by atoms with van der Waals surface area (Å²) in [6, 6.07) is 0. The van der Waals surface area contributed by atoms with E-state index in [9.17, 15) is 78.7 Å². The largest absolute Gasteiger partial charge is 0.523 e. The third-order valence-corrected chi connectivity index (χ3v) is 3.47. The summed E-state index contributed by atoms with van der Waals surface area (Å²) in [5.41, 5.74) is -6.52. The molecule has 0 heterocycles. The minimum absolute atomic E-state index is 1.38. The van der Waals surface area contributed by atoms with Crippen LogP contribution >= 0.6 is 0 Å². The summed E-state index contributed by atoms with van der Waals surface area (Å²) < 4.78 is 222. The van der Waals surface area contributed by atoms with Crippen molar-refractivity contribution in [3.8, 4) is 0 Å². The Morgan fingerprint density at radius 1 is 0.586 bits per heavy atom. The molecule has 0 N–H and O–H groups in total. The second-order valence-corrected chi connectivity index (χ2v) is 6.26. The Morgan fingerprint density at radius 2 is 0.966 bits per heavy atom. The van der Waals surface area contributed by atoms with Crippen LogP contribution in [0.4, 0.5) is 70.2 Å². The van der Waals surface area contributed by atoms with Gasteiger partial charge in [-0.15, -0.1) is 0 Å². The highest BCUT2D eigenvalue weighted by atomic mass is 32.2. The lowest BCUT2D eigenvalue weighted by atomic mass is 10.1. The Labute approximate surface area is 147 Å². The second-order valence-electron chi connectivity index (χ2n) is 4.65. The maximum Gasteiger partial charge on any atom is 0.523 e. The van der Waals surface area contributed by atoms with Crippen LogP contribution in [0.2, 0.25) is 0 Å². The molecule has 0 aliphatic heterocycles. The summed E-state index contributed by atoms with van der Waals surface area (Å²) in [4.78, 5) is 0. The molecule has 0 bridgehead atoms. The van der Waals surface area contributed by atoms with Crippen molar-refractivity contribution in [1.29, 1.82) is 0 Å². The molecular formula is C8H2F16O4S. The molecule has 0 aromatic carbocycles. The number of ether oxygens (including phenoxy) is 1. The van der Waals surface area contributed by atoms with Gasteiger partial charge in [-0.3, -0.25) is 4.18 Å². The van der Waals surface area contributed by atoms with Crippen LogP contribution < -0.4 is 0 Å². The lowest BCUT2D eigenvalue weighted by Crippen LogP contribution is -2.64. The van der Waals surface area contributed by atoms with Crippen LogP contribution in [0.3, 0.4) is 0 Å². The highest BCUT2D eigenvalue weighted by Gasteiger charge is 2.84. The van der Waals surface area contributed by atoms with E-state index >= 15 is 0 Å². The highest BCUT2D eigenvalue weighted by molar-refractivity contribution is 7.87. The van der Waals surface area contributed by atoms with Gasteiger partial charge in [0.25, 0.3) is 0 Å². The topological polar surface area (TPSA) is 52.6 Å². The van der Waals surface area contributed by atoms with Gasteiger partial charge in [0.2, 0.25) is 0 Å². The van der Waals surface area contributed by atoms with Crippen molar-refractivity contribution < 1.29 is 87.6 Å². The monoisotopic (exact) mass is 498 g/mol. The van der Waals surface area contributed by atoms with E-state index in [1.807, 2.05) is 0 Å². The smallest absolute Gasteiger partial charge is 0.256 e. The third-order valence-electron chi connectivity index (χ3n) is 2.48. The molecule has 21 heteroatoms. The van der Waals surface area contributed by atoms with E-state index in [0.29, 0.717) is 0 Å². The predicted octanol–water partition coefficient (Wildman–Crippen LogP) is 4.52. The molecule has 0 spiro atoms. The fraction of sp³-hybridized carbons (Fsp3) is 1.00. The van der Waals surface area contributed by atoms with Crippen LogP contribution in [0.1, 0.15) is 0 Å². The first-order valence-corrected chi connectivity index (χ1v) is 7.19. The Balaban J connectivity index is 5.81. The third kappa shape index (κ3) is 5.09. The Bertz CT molecular complexity index is 689. The van der Waals surface area contributed by atoms with E-state index in [0.717, 1.165) is 0 Å². The average molecular weight is 498 g/mol. The summed E-state index contributed by atoms with van der Waals surface area (Å²) in [6.45, 7) is -3.72. The average Bonchev–Trinajstić information content (AvgIpc) is 2.41. The van der Waals surface area contributed by atoms with Gasteiger partial charge in [-0.2, -0.15) is 78.7 Å². The molecule has 176 valence electrons. The molecule has 0 amide bonds. The van der Waals surface area contributed by atoms with Crippen molar-refractivity contribution in [1.82, 2.24) is 0 Å². The first-order chi connectivity index (χ1) is 12.2. The van der Waals surface area contributed by atoms with E-state index in [1.54, 1.807) is 0 Å². The molecule has 0 fully saturated rings. The van der Waals surface area contributed by atoms with Crippen molar-refractivity contribution in [3.63, 3.8) is 0 Å². The number of hydrogen-bond acceptors (Lipinski definition) is 4. The van der Waals surface area contributed by atoms with Gasteiger partial charge in [0, 0.05) is 0 Å². The number of hydrogen-bond donors (Lipinski definition) is 0. The first-order valence-electron chi connectivity index (χ1n) is 5.78. The number of rotatable bonds is 8. The number of alkyl halides is 16. The summed E-state index contributed by atoms with van der Waals surface area (Å²) >= 11 is 0. The van der Waals surface area contributed by atoms with Gasteiger partial charge in [-0.25, -0.2) is 4.74 Å².